The minimum atomic E-state index is 0.782. The molecule has 0 spiro atoms. The Labute approximate surface area is 525 Å². The van der Waals surface area contributed by atoms with Gasteiger partial charge < -0.3 is 9.97 Å². The highest BCUT2D eigenvalue weighted by Gasteiger charge is 2.22. The summed E-state index contributed by atoms with van der Waals surface area (Å²) in [7, 11) is 0. The summed E-state index contributed by atoms with van der Waals surface area (Å²) in [4.78, 5) is 36.2. The Morgan fingerprint density at radius 1 is 0.207 bits per heavy atom. The Bertz CT molecular complexity index is 4790. The van der Waals surface area contributed by atoms with Crippen molar-refractivity contribution in [3.05, 3.63) is 267 Å². The number of hydrogen-bond acceptors (Lipinski definition) is 10. The van der Waals surface area contributed by atoms with Gasteiger partial charge in [0.2, 0.25) is 0 Å². The van der Waals surface area contributed by atoms with E-state index in [4.69, 9.17) is 30.4 Å². The molecule has 15 aromatic rings. The van der Waals surface area contributed by atoms with Gasteiger partial charge in [0.25, 0.3) is 0 Å². The van der Waals surface area contributed by atoms with Crippen LogP contribution in [-0.2, 0) is 0 Å². The van der Waals surface area contributed by atoms with Crippen molar-refractivity contribution < 1.29 is 0 Å². The first-order valence-electron chi connectivity index (χ1n) is 30.0. The summed E-state index contributed by atoms with van der Waals surface area (Å²) in [6.45, 7) is 0. The quantitative estimate of drug-likeness (QED) is 0.0679. The van der Waals surface area contributed by atoms with Crippen LogP contribution in [0.25, 0.3) is 180 Å². The maximum absolute atomic E-state index is 5.66. The van der Waals surface area contributed by atoms with Gasteiger partial charge in [0.15, 0.2) is 0 Å². The van der Waals surface area contributed by atoms with Gasteiger partial charge in [-0.05, 0) is 142 Å². The van der Waals surface area contributed by atoms with E-state index in [9.17, 15) is 0 Å². The highest BCUT2D eigenvalue weighted by Crippen LogP contribution is 2.42. The zero-order valence-electron chi connectivity index (χ0n) is 48.9. The van der Waals surface area contributed by atoms with E-state index in [1.807, 2.05) is 73.3 Å². The molecule has 2 aliphatic heterocycles. The minimum absolute atomic E-state index is 0.782. The molecule has 434 valence electrons. The molecular weight excluding hydrogens is 1140 g/mol. The van der Waals surface area contributed by atoms with Crippen molar-refractivity contribution in [2.24, 2.45) is 0 Å². The maximum Gasteiger partial charge on any atom is 0.0999 e. The summed E-state index contributed by atoms with van der Waals surface area (Å²) >= 11 is 0. The molecule has 0 fully saturated rings. The smallest absolute Gasteiger partial charge is 0.0999 e. The molecule has 2 aliphatic rings. The molecule has 0 amide bonds. The Kier molecular flexibility index (Phi) is 13.0. The van der Waals surface area contributed by atoms with Gasteiger partial charge >= 0.3 is 0 Å². The lowest BCUT2D eigenvalue weighted by molar-refractivity contribution is 1.10. The van der Waals surface area contributed by atoms with Crippen LogP contribution in [-0.4, -0.2) is 80.7 Å². The molecule has 0 aliphatic carbocycles. The van der Waals surface area contributed by atoms with Crippen LogP contribution in [0.15, 0.2) is 244 Å². The summed E-state index contributed by atoms with van der Waals surface area (Å²) in [6, 6.07) is 58.8. The van der Waals surface area contributed by atoms with Crippen LogP contribution in [0.1, 0.15) is 22.8 Å². The lowest BCUT2D eigenvalue weighted by Crippen LogP contribution is -1.91. The molecule has 6 N–H and O–H groups in total. The minimum Gasteiger partial charge on any atom is -0.354 e. The lowest BCUT2D eigenvalue weighted by Gasteiger charge is -2.09. The second kappa shape index (κ2) is 22.6. The molecular formula is C76H50N16. The third kappa shape index (κ3) is 9.60. The monoisotopic (exact) mass is 1190 g/mol. The molecule has 0 saturated carbocycles. The van der Waals surface area contributed by atoms with Gasteiger partial charge in [0, 0.05) is 163 Å². The van der Waals surface area contributed by atoms with E-state index in [2.05, 4.69) is 196 Å². The number of nitrogens with one attached hydrogen (secondary N) is 6. The zero-order chi connectivity index (χ0) is 60.9. The number of rotatable bonds is 12. The Balaban J connectivity index is 0.889. The standard InChI is InChI=1S/C76H50N16/c1-9-53(73-57(41-81-89-73)45-25-33-77-34-26-45)10-2-49(1)69-61-17-19-63(85-61)70(50-3-11-54(12-4-50)74-58(42-82-90-74)46-27-35-78-36-28-46)65-21-23-67(87-65)72(52-7-15-56(16-8-52)76-60(44-84-92-76)48-31-39-80-40-32-48)68-24-22-66(88-68)71(64-20-18-62(69)86-64)51-5-13-55(14-6-51)75-59(43-83-91-75)47-29-37-79-38-30-47/h1-44,85,88H,(H,81,89)(H,82,90)(H,83,91)(H,84,92). The van der Waals surface area contributed by atoms with Gasteiger partial charge in [-0.25, -0.2) is 9.97 Å². The molecule has 0 radical (unpaired) electrons. The first-order valence-corrected chi connectivity index (χ1v) is 30.0. The fraction of sp³-hybridized carbons (Fsp3) is 0. The lowest BCUT2D eigenvalue weighted by atomic mass is 9.98. The Morgan fingerprint density at radius 2 is 0.413 bits per heavy atom. The number of aromatic nitrogens is 16. The average Bonchev–Trinajstić information content (AvgIpc) is 1.96. The van der Waals surface area contributed by atoms with Gasteiger partial charge in [0.05, 0.1) is 45.6 Å². The molecule has 92 heavy (non-hydrogen) atoms. The van der Waals surface area contributed by atoms with Crippen LogP contribution in [0.5, 0.6) is 0 Å². The zero-order valence-corrected chi connectivity index (χ0v) is 48.9. The van der Waals surface area contributed by atoms with Crippen molar-refractivity contribution in [3.8, 4) is 134 Å². The topological polar surface area (TPSA) is 224 Å². The normalized spacial score (nSPS) is 11.8. The molecule has 0 unspecified atom stereocenters. The highest BCUT2D eigenvalue weighted by molar-refractivity contribution is 6.01. The number of fused-ring (bicyclic) bond motifs is 8. The fourth-order valence-corrected chi connectivity index (χ4v) is 12.6. The number of hydrogen-bond donors (Lipinski definition) is 6. The molecule has 0 saturated heterocycles. The van der Waals surface area contributed by atoms with Crippen LogP contribution in [0, 0.1) is 0 Å². The molecule has 16 nitrogen and oxygen atoms in total. The van der Waals surface area contributed by atoms with Crippen molar-refractivity contribution in [1.29, 1.82) is 0 Å². The summed E-state index contributed by atoms with van der Waals surface area (Å²) < 4.78 is 0. The van der Waals surface area contributed by atoms with Gasteiger partial charge in [-0.15, -0.1) is 0 Å². The summed E-state index contributed by atoms with van der Waals surface area (Å²) in [5.41, 5.74) is 29.3. The largest absolute Gasteiger partial charge is 0.354 e. The van der Waals surface area contributed by atoms with Crippen LogP contribution in [0.4, 0.5) is 0 Å². The number of pyridine rings is 4. The van der Waals surface area contributed by atoms with Crippen molar-refractivity contribution in [2.75, 3.05) is 0 Å². The third-order valence-corrected chi connectivity index (χ3v) is 17.1. The highest BCUT2D eigenvalue weighted by atomic mass is 15.1. The van der Waals surface area contributed by atoms with Crippen molar-refractivity contribution in [3.63, 3.8) is 0 Å². The Morgan fingerprint density at radius 3 is 0.630 bits per heavy atom. The fourth-order valence-electron chi connectivity index (χ4n) is 12.6. The van der Waals surface area contributed by atoms with E-state index < -0.39 is 0 Å². The molecule has 0 atom stereocenters. The number of aromatic amines is 6. The maximum atomic E-state index is 5.66. The first kappa shape index (κ1) is 53.2. The summed E-state index contributed by atoms with van der Waals surface area (Å²) in [5, 5.41) is 31.4. The van der Waals surface area contributed by atoms with E-state index in [0.717, 1.165) is 179 Å². The van der Waals surface area contributed by atoms with E-state index in [1.165, 1.54) is 0 Å². The van der Waals surface area contributed by atoms with Crippen molar-refractivity contribution >= 4 is 46.4 Å². The third-order valence-electron chi connectivity index (χ3n) is 17.1. The molecule has 4 aromatic carbocycles. The predicted octanol–water partition coefficient (Wildman–Crippen LogP) is 17.1. The number of benzene rings is 4. The van der Waals surface area contributed by atoms with Crippen molar-refractivity contribution in [2.45, 2.75) is 0 Å². The van der Waals surface area contributed by atoms with Crippen molar-refractivity contribution in [1.82, 2.24) is 80.7 Å². The Hall–Kier alpha value is -13.1. The molecule has 8 bridgehead atoms. The molecule has 13 heterocycles. The SMILES string of the molecule is C1=Cc2nc1c(-c1ccc(-c3n[nH]cc3-c3ccncc3)cc1)c1ccc([nH]1)c(-c1ccc(-c3n[nH]cc3-c3ccncc3)cc1)c1nc(c(-c3ccc(-c4n[nH]cc4-c4ccncc4)cc3)c3ccc([nH]3)c2-c2ccc(-c3n[nH]cc3-c3ccncc3)cc2)C=C1. The van der Waals surface area contributed by atoms with E-state index in [0.29, 0.717) is 0 Å². The van der Waals surface area contributed by atoms with Gasteiger partial charge in [-0.3, -0.25) is 40.3 Å². The number of H-pyrrole nitrogens is 6. The van der Waals surface area contributed by atoms with E-state index in [-0.39, 0.29) is 0 Å². The van der Waals surface area contributed by atoms with Crippen LogP contribution >= 0.6 is 0 Å². The predicted molar refractivity (Wildman–Crippen MR) is 364 cm³/mol. The van der Waals surface area contributed by atoms with E-state index >= 15 is 0 Å². The van der Waals surface area contributed by atoms with E-state index in [1.54, 1.807) is 49.6 Å². The molecule has 16 heteroatoms. The van der Waals surface area contributed by atoms with Crippen LogP contribution in [0.2, 0.25) is 0 Å². The second-order valence-electron chi connectivity index (χ2n) is 22.3. The van der Waals surface area contributed by atoms with Gasteiger partial charge in [0.1, 0.15) is 0 Å². The van der Waals surface area contributed by atoms with Crippen LogP contribution in [0.3, 0.4) is 0 Å². The van der Waals surface area contributed by atoms with Gasteiger partial charge in [-0.2, -0.15) is 20.4 Å². The average molecular weight is 1190 g/mol. The second-order valence-corrected chi connectivity index (χ2v) is 22.3. The number of nitrogens with zero attached hydrogens (tertiary/aromatic N) is 10. The van der Waals surface area contributed by atoms with Crippen LogP contribution < -0.4 is 0 Å². The molecule has 11 aromatic heterocycles. The summed E-state index contributed by atoms with van der Waals surface area (Å²) in [6.07, 6.45) is 30.6. The first-order chi connectivity index (χ1) is 45.6. The molecule has 17 rings (SSSR count). The van der Waals surface area contributed by atoms with Gasteiger partial charge in [-0.1, -0.05) is 97.1 Å². The summed E-state index contributed by atoms with van der Waals surface area (Å²) in [5.74, 6) is 0.